The average molecular weight is 364 g/mol. The monoisotopic (exact) mass is 364 g/mol. The second kappa shape index (κ2) is 8.07. The van der Waals surface area contributed by atoms with Gasteiger partial charge in [0.05, 0.1) is 11.3 Å². The van der Waals surface area contributed by atoms with Crippen molar-refractivity contribution in [2.24, 2.45) is 5.73 Å². The lowest BCUT2D eigenvalue weighted by atomic mass is 10.1. The van der Waals surface area contributed by atoms with Crippen LogP contribution in [0.3, 0.4) is 0 Å². The van der Waals surface area contributed by atoms with Gasteiger partial charge in [-0.3, -0.25) is 4.79 Å². The molecule has 0 bridgehead atoms. The molecular formula is C19H16N4O4. The predicted molar refractivity (Wildman–Crippen MR) is 97.8 cm³/mol. The topological polar surface area (TPSA) is 127 Å². The van der Waals surface area contributed by atoms with Gasteiger partial charge in [-0.15, -0.1) is 0 Å². The van der Waals surface area contributed by atoms with Gasteiger partial charge in [0.25, 0.3) is 5.91 Å². The van der Waals surface area contributed by atoms with Crippen LogP contribution in [-0.2, 0) is 6.54 Å². The number of carboxylic acids is 1. The summed E-state index contributed by atoms with van der Waals surface area (Å²) in [5.74, 6) is -0.619. The quantitative estimate of drug-likeness (QED) is 0.613. The van der Waals surface area contributed by atoms with Crippen LogP contribution in [0.1, 0.15) is 26.4 Å². The van der Waals surface area contributed by atoms with Crippen LogP contribution in [0.2, 0.25) is 0 Å². The molecule has 2 aromatic carbocycles. The zero-order valence-electron chi connectivity index (χ0n) is 14.1. The zero-order valence-corrected chi connectivity index (χ0v) is 14.1. The summed E-state index contributed by atoms with van der Waals surface area (Å²) in [7, 11) is 0. The maximum atomic E-state index is 12.4. The Morgan fingerprint density at radius 1 is 1.04 bits per heavy atom. The summed E-state index contributed by atoms with van der Waals surface area (Å²) in [6.45, 7) is 0.266. The first-order chi connectivity index (χ1) is 13.0. The van der Waals surface area contributed by atoms with Crippen molar-refractivity contribution in [2.45, 2.75) is 6.54 Å². The molecule has 8 nitrogen and oxygen atoms in total. The van der Waals surface area contributed by atoms with Crippen molar-refractivity contribution in [3.05, 3.63) is 77.7 Å². The van der Waals surface area contributed by atoms with Crippen molar-refractivity contribution in [1.82, 2.24) is 9.97 Å². The average Bonchev–Trinajstić information content (AvgIpc) is 2.68. The number of aromatic nitrogens is 2. The normalized spacial score (nSPS) is 10.3. The molecule has 0 atom stereocenters. The predicted octanol–water partition coefficient (Wildman–Crippen LogP) is 2.68. The summed E-state index contributed by atoms with van der Waals surface area (Å²) in [6, 6.07) is 14.1. The molecule has 0 aliphatic carbocycles. The third-order valence-corrected chi connectivity index (χ3v) is 3.62. The van der Waals surface area contributed by atoms with Crippen molar-refractivity contribution in [2.75, 3.05) is 5.32 Å². The highest BCUT2D eigenvalue weighted by Crippen LogP contribution is 2.21. The lowest BCUT2D eigenvalue weighted by Crippen LogP contribution is -2.12. The number of aromatic carboxylic acids is 1. The number of rotatable bonds is 6. The van der Waals surface area contributed by atoms with E-state index in [0.717, 1.165) is 0 Å². The van der Waals surface area contributed by atoms with Crippen LogP contribution < -0.4 is 15.8 Å². The van der Waals surface area contributed by atoms with Crippen molar-refractivity contribution < 1.29 is 19.4 Å². The third-order valence-electron chi connectivity index (χ3n) is 3.62. The van der Waals surface area contributed by atoms with Gasteiger partial charge in [0.1, 0.15) is 12.1 Å². The molecule has 136 valence electrons. The van der Waals surface area contributed by atoms with E-state index < -0.39 is 5.97 Å². The molecule has 0 spiro atoms. The zero-order chi connectivity index (χ0) is 19.2. The van der Waals surface area contributed by atoms with E-state index in [2.05, 4.69) is 15.3 Å². The number of ether oxygens (including phenoxy) is 1. The molecule has 3 aromatic rings. The fourth-order valence-corrected chi connectivity index (χ4v) is 2.27. The Kier molecular flexibility index (Phi) is 5.38. The molecule has 4 N–H and O–H groups in total. The number of carbonyl (C=O) groups is 2. The number of anilines is 1. The minimum atomic E-state index is -1.03. The van der Waals surface area contributed by atoms with E-state index in [1.807, 2.05) is 0 Å². The number of nitrogens with one attached hydrogen (secondary N) is 1. The molecular weight excluding hydrogens is 348 g/mol. The SMILES string of the molecule is NCc1cc(Oc2cccc(C(=O)Nc3ccc(C(=O)O)cc3)c2)ncn1. The molecule has 27 heavy (non-hydrogen) atoms. The van der Waals surface area contributed by atoms with Crippen molar-refractivity contribution in [3.8, 4) is 11.6 Å². The van der Waals surface area contributed by atoms with E-state index >= 15 is 0 Å². The second-order valence-corrected chi connectivity index (χ2v) is 5.52. The Balaban J connectivity index is 1.72. The number of nitrogens with two attached hydrogens (primary N) is 1. The largest absolute Gasteiger partial charge is 0.478 e. The lowest BCUT2D eigenvalue weighted by Gasteiger charge is -2.08. The highest BCUT2D eigenvalue weighted by molar-refractivity contribution is 6.04. The molecule has 0 aliphatic heterocycles. The highest BCUT2D eigenvalue weighted by Gasteiger charge is 2.09. The van der Waals surface area contributed by atoms with Crippen LogP contribution in [0.15, 0.2) is 60.9 Å². The standard InChI is InChI=1S/C19H16N4O4/c20-10-15-9-17(22-11-21-15)27-16-3-1-2-13(8-16)18(24)23-14-6-4-12(5-7-14)19(25)26/h1-9,11H,10,20H2,(H,23,24)(H,25,26). The number of hydrogen-bond acceptors (Lipinski definition) is 6. The third kappa shape index (κ3) is 4.65. The Labute approximate surface area is 154 Å². The van der Waals surface area contributed by atoms with Crippen molar-refractivity contribution >= 4 is 17.6 Å². The van der Waals surface area contributed by atoms with E-state index in [0.29, 0.717) is 28.6 Å². The molecule has 1 heterocycles. The van der Waals surface area contributed by atoms with Crippen LogP contribution >= 0.6 is 0 Å². The number of amides is 1. The minimum absolute atomic E-state index is 0.144. The summed E-state index contributed by atoms with van der Waals surface area (Å²) in [6.07, 6.45) is 1.36. The molecule has 3 rings (SSSR count). The lowest BCUT2D eigenvalue weighted by molar-refractivity contribution is 0.0696. The van der Waals surface area contributed by atoms with Gasteiger partial charge >= 0.3 is 5.97 Å². The maximum Gasteiger partial charge on any atom is 0.335 e. The minimum Gasteiger partial charge on any atom is -0.478 e. The highest BCUT2D eigenvalue weighted by atomic mass is 16.5. The molecule has 0 saturated heterocycles. The molecule has 0 aliphatic rings. The summed E-state index contributed by atoms with van der Waals surface area (Å²) in [5, 5.41) is 11.6. The fourth-order valence-electron chi connectivity index (χ4n) is 2.27. The van der Waals surface area contributed by atoms with Crippen LogP contribution in [0.4, 0.5) is 5.69 Å². The Bertz CT molecular complexity index is 973. The molecule has 0 fully saturated rings. The van der Waals surface area contributed by atoms with E-state index in [9.17, 15) is 9.59 Å². The van der Waals surface area contributed by atoms with Gasteiger partial charge in [0.15, 0.2) is 0 Å². The molecule has 0 saturated carbocycles. The van der Waals surface area contributed by atoms with Crippen molar-refractivity contribution in [1.29, 1.82) is 0 Å². The van der Waals surface area contributed by atoms with Crippen LogP contribution in [0, 0.1) is 0 Å². The van der Waals surface area contributed by atoms with Gasteiger partial charge in [-0.1, -0.05) is 6.07 Å². The van der Waals surface area contributed by atoms with Crippen molar-refractivity contribution in [3.63, 3.8) is 0 Å². The van der Waals surface area contributed by atoms with Crippen LogP contribution in [0.5, 0.6) is 11.6 Å². The Morgan fingerprint density at radius 3 is 2.52 bits per heavy atom. The smallest absolute Gasteiger partial charge is 0.335 e. The summed E-state index contributed by atoms with van der Waals surface area (Å²) in [4.78, 5) is 31.3. The van der Waals surface area contributed by atoms with E-state index in [1.165, 1.54) is 30.6 Å². The molecule has 1 amide bonds. The van der Waals surface area contributed by atoms with Gasteiger partial charge < -0.3 is 20.9 Å². The van der Waals surface area contributed by atoms with E-state index in [-0.39, 0.29) is 18.0 Å². The molecule has 1 aromatic heterocycles. The van der Waals surface area contributed by atoms with Gasteiger partial charge in [0, 0.05) is 23.9 Å². The number of hydrogen-bond donors (Lipinski definition) is 3. The van der Waals surface area contributed by atoms with Gasteiger partial charge in [-0.2, -0.15) is 0 Å². The van der Waals surface area contributed by atoms with Gasteiger partial charge in [0.2, 0.25) is 5.88 Å². The van der Waals surface area contributed by atoms with Gasteiger partial charge in [-0.25, -0.2) is 14.8 Å². The second-order valence-electron chi connectivity index (χ2n) is 5.52. The number of carbonyl (C=O) groups excluding carboxylic acids is 1. The molecule has 0 radical (unpaired) electrons. The first-order valence-corrected chi connectivity index (χ1v) is 7.99. The summed E-state index contributed by atoms with van der Waals surface area (Å²) in [5.41, 5.74) is 7.19. The van der Waals surface area contributed by atoms with Crippen LogP contribution in [-0.4, -0.2) is 27.0 Å². The Hall–Kier alpha value is -3.78. The van der Waals surface area contributed by atoms with Gasteiger partial charge in [-0.05, 0) is 42.5 Å². The van der Waals surface area contributed by atoms with Crippen LogP contribution in [0.25, 0.3) is 0 Å². The summed E-state index contributed by atoms with van der Waals surface area (Å²) < 4.78 is 5.65. The molecule has 8 heteroatoms. The molecule has 0 unspecified atom stereocenters. The first-order valence-electron chi connectivity index (χ1n) is 7.99. The van der Waals surface area contributed by atoms with E-state index in [4.69, 9.17) is 15.6 Å². The maximum absolute atomic E-state index is 12.4. The fraction of sp³-hybridized carbons (Fsp3) is 0.0526. The first kappa shape index (κ1) is 18.0. The summed E-state index contributed by atoms with van der Waals surface area (Å²) >= 11 is 0. The number of carboxylic acid groups (broad SMARTS) is 1. The Morgan fingerprint density at radius 2 is 1.81 bits per heavy atom. The number of nitrogens with zero attached hydrogens (tertiary/aromatic N) is 2. The van der Waals surface area contributed by atoms with E-state index in [1.54, 1.807) is 30.3 Å². The number of benzene rings is 2.